The van der Waals surface area contributed by atoms with E-state index < -0.39 is 0 Å². The highest BCUT2D eigenvalue weighted by Gasteiger charge is 2.14. The second kappa shape index (κ2) is 6.56. The van der Waals surface area contributed by atoms with Crippen molar-refractivity contribution in [3.63, 3.8) is 0 Å². The van der Waals surface area contributed by atoms with Gasteiger partial charge in [0.15, 0.2) is 0 Å². The molecule has 0 saturated carbocycles. The number of amides is 1. The maximum Gasteiger partial charge on any atom is 0.254 e. The smallest absolute Gasteiger partial charge is 0.254 e. The van der Waals surface area contributed by atoms with E-state index in [9.17, 15) is 4.79 Å². The Morgan fingerprint density at radius 3 is 3.00 bits per heavy atom. The van der Waals surface area contributed by atoms with Gasteiger partial charge in [-0.2, -0.15) is 0 Å². The number of hydrogen-bond donors (Lipinski definition) is 2. The molecule has 5 heteroatoms. The molecule has 2 rings (SSSR count). The van der Waals surface area contributed by atoms with Gasteiger partial charge in [-0.05, 0) is 38.9 Å². The monoisotopic (exact) mass is 252 g/mol. The molecule has 1 amide bonds. The molecule has 2 N–H and O–H groups in total. The molecule has 0 radical (unpaired) electrons. The average Bonchev–Trinajstić information content (AvgIpc) is 2.82. The minimum absolute atomic E-state index is 0.102. The van der Waals surface area contributed by atoms with Crippen molar-refractivity contribution in [3.8, 4) is 0 Å². The molecule has 0 unspecified atom stereocenters. The summed E-state index contributed by atoms with van der Waals surface area (Å²) < 4.78 is 10.8. The van der Waals surface area contributed by atoms with Crippen LogP contribution in [0.5, 0.6) is 0 Å². The first kappa shape index (κ1) is 13.1. The van der Waals surface area contributed by atoms with E-state index >= 15 is 0 Å². The second-order valence-electron chi connectivity index (χ2n) is 4.47. The summed E-state index contributed by atoms with van der Waals surface area (Å²) in [6, 6.07) is 1.68. The zero-order chi connectivity index (χ0) is 12.8. The molecule has 0 bridgehead atoms. The third kappa shape index (κ3) is 3.58. The molecule has 0 aromatic carbocycles. The second-order valence-corrected chi connectivity index (χ2v) is 4.47. The number of aryl methyl sites for hydroxylation is 1. The molecular formula is C13H20N2O3. The zero-order valence-corrected chi connectivity index (χ0v) is 10.7. The first-order valence-corrected chi connectivity index (χ1v) is 6.42. The Balaban J connectivity index is 1.63. The van der Waals surface area contributed by atoms with Gasteiger partial charge in [-0.15, -0.1) is 0 Å². The summed E-state index contributed by atoms with van der Waals surface area (Å²) >= 11 is 0. The zero-order valence-electron chi connectivity index (χ0n) is 10.7. The summed E-state index contributed by atoms with van der Waals surface area (Å²) in [5, 5.41) is 6.11. The van der Waals surface area contributed by atoms with Crippen molar-refractivity contribution in [1.82, 2.24) is 10.6 Å². The lowest BCUT2D eigenvalue weighted by Crippen LogP contribution is -2.34. The summed E-state index contributed by atoms with van der Waals surface area (Å²) in [6.07, 6.45) is 3.96. The van der Waals surface area contributed by atoms with Crippen LogP contribution in [0.4, 0.5) is 0 Å². The molecule has 1 aromatic heterocycles. The van der Waals surface area contributed by atoms with E-state index in [2.05, 4.69) is 10.6 Å². The highest BCUT2D eigenvalue weighted by molar-refractivity contribution is 5.94. The number of carbonyl (C=O) groups is 1. The molecular weight excluding hydrogens is 232 g/mol. The van der Waals surface area contributed by atoms with Crippen molar-refractivity contribution in [2.75, 3.05) is 26.2 Å². The van der Waals surface area contributed by atoms with E-state index in [4.69, 9.17) is 9.15 Å². The summed E-state index contributed by atoms with van der Waals surface area (Å²) in [5.74, 6) is 0.543. The molecule has 5 nitrogen and oxygen atoms in total. The fraction of sp³-hybridized carbons (Fsp3) is 0.615. The molecule has 0 spiro atoms. The van der Waals surface area contributed by atoms with Crippen LogP contribution in [0.25, 0.3) is 0 Å². The fourth-order valence-electron chi connectivity index (χ4n) is 2.07. The lowest BCUT2D eigenvalue weighted by Gasteiger charge is -2.22. The third-order valence-electron chi connectivity index (χ3n) is 3.13. The maximum absolute atomic E-state index is 11.7. The number of ether oxygens (including phenoxy) is 1. The van der Waals surface area contributed by atoms with E-state index in [1.165, 1.54) is 6.26 Å². The first-order valence-electron chi connectivity index (χ1n) is 6.42. The molecule has 1 aromatic rings. The number of rotatable bonds is 5. The summed E-state index contributed by atoms with van der Waals surface area (Å²) in [5.41, 5.74) is 0.594. The Morgan fingerprint density at radius 2 is 2.33 bits per heavy atom. The van der Waals surface area contributed by atoms with Crippen LogP contribution < -0.4 is 10.6 Å². The Bertz CT molecular complexity index is 383. The van der Waals surface area contributed by atoms with Gasteiger partial charge in [0.1, 0.15) is 5.76 Å². The Kier molecular flexibility index (Phi) is 4.78. The minimum Gasteiger partial charge on any atom is -0.469 e. The van der Waals surface area contributed by atoms with Crippen LogP contribution in [-0.4, -0.2) is 38.3 Å². The fourth-order valence-corrected chi connectivity index (χ4v) is 2.07. The predicted octanol–water partition coefficient (Wildman–Crippen LogP) is 1.09. The molecule has 1 saturated heterocycles. The van der Waals surface area contributed by atoms with E-state index in [1.807, 2.05) is 0 Å². The third-order valence-corrected chi connectivity index (χ3v) is 3.13. The van der Waals surface area contributed by atoms with Crippen molar-refractivity contribution in [3.05, 3.63) is 23.7 Å². The number of piperidine rings is 1. The normalized spacial score (nSPS) is 16.7. The van der Waals surface area contributed by atoms with Crippen molar-refractivity contribution < 1.29 is 13.9 Å². The average molecular weight is 252 g/mol. The quantitative estimate of drug-likeness (QED) is 0.770. The molecule has 18 heavy (non-hydrogen) atoms. The van der Waals surface area contributed by atoms with Gasteiger partial charge in [-0.25, -0.2) is 0 Å². The number of nitrogens with one attached hydrogen (secondary N) is 2. The molecule has 0 atom stereocenters. The molecule has 1 aliphatic heterocycles. The largest absolute Gasteiger partial charge is 0.469 e. The highest BCUT2D eigenvalue weighted by atomic mass is 16.5. The van der Waals surface area contributed by atoms with Crippen LogP contribution in [0.15, 0.2) is 16.7 Å². The van der Waals surface area contributed by atoms with Gasteiger partial charge < -0.3 is 19.8 Å². The van der Waals surface area contributed by atoms with Crippen LogP contribution >= 0.6 is 0 Å². The molecule has 1 fully saturated rings. The number of hydrogen-bond acceptors (Lipinski definition) is 4. The van der Waals surface area contributed by atoms with Crippen LogP contribution in [-0.2, 0) is 4.74 Å². The molecule has 2 heterocycles. The van der Waals surface area contributed by atoms with E-state index in [1.54, 1.807) is 13.0 Å². The Labute approximate surface area is 107 Å². The van der Waals surface area contributed by atoms with E-state index in [-0.39, 0.29) is 5.91 Å². The van der Waals surface area contributed by atoms with Gasteiger partial charge in [0.05, 0.1) is 24.5 Å². The summed E-state index contributed by atoms with van der Waals surface area (Å²) in [7, 11) is 0. The van der Waals surface area contributed by atoms with E-state index in [0.29, 0.717) is 30.6 Å². The SMILES string of the molecule is Cc1occc1C(=O)NCCOC1CCNCC1. The topological polar surface area (TPSA) is 63.5 Å². The van der Waals surface area contributed by atoms with Gasteiger partial charge in [-0.3, -0.25) is 4.79 Å². The number of furan rings is 1. The Hall–Kier alpha value is -1.33. The molecule has 1 aliphatic rings. The van der Waals surface area contributed by atoms with Crippen LogP contribution in [0, 0.1) is 6.92 Å². The Morgan fingerprint density at radius 1 is 1.56 bits per heavy atom. The highest BCUT2D eigenvalue weighted by Crippen LogP contribution is 2.08. The summed E-state index contributed by atoms with van der Waals surface area (Å²) in [4.78, 5) is 11.7. The van der Waals surface area contributed by atoms with Crippen molar-refractivity contribution >= 4 is 5.91 Å². The maximum atomic E-state index is 11.7. The molecule has 0 aliphatic carbocycles. The predicted molar refractivity (Wildman–Crippen MR) is 67.6 cm³/mol. The standard InChI is InChI=1S/C13H20N2O3/c1-10-12(4-8-17-10)13(16)15-7-9-18-11-2-5-14-6-3-11/h4,8,11,14H,2-3,5-7,9H2,1H3,(H,15,16). The lowest BCUT2D eigenvalue weighted by molar-refractivity contribution is 0.0343. The number of carbonyl (C=O) groups excluding carboxylic acids is 1. The van der Waals surface area contributed by atoms with Gasteiger partial charge in [-0.1, -0.05) is 0 Å². The van der Waals surface area contributed by atoms with Gasteiger partial charge >= 0.3 is 0 Å². The first-order chi connectivity index (χ1) is 8.77. The summed E-state index contributed by atoms with van der Waals surface area (Å²) in [6.45, 7) is 4.91. The van der Waals surface area contributed by atoms with Crippen LogP contribution in [0.1, 0.15) is 29.0 Å². The van der Waals surface area contributed by atoms with Gasteiger partial charge in [0.2, 0.25) is 0 Å². The lowest BCUT2D eigenvalue weighted by atomic mass is 10.1. The van der Waals surface area contributed by atoms with E-state index in [0.717, 1.165) is 25.9 Å². The van der Waals surface area contributed by atoms with Gasteiger partial charge in [0, 0.05) is 6.54 Å². The van der Waals surface area contributed by atoms with Crippen molar-refractivity contribution in [2.24, 2.45) is 0 Å². The minimum atomic E-state index is -0.102. The molecule has 100 valence electrons. The van der Waals surface area contributed by atoms with Crippen LogP contribution in [0.3, 0.4) is 0 Å². The van der Waals surface area contributed by atoms with Crippen LogP contribution in [0.2, 0.25) is 0 Å². The van der Waals surface area contributed by atoms with Crippen molar-refractivity contribution in [2.45, 2.75) is 25.9 Å². The van der Waals surface area contributed by atoms with Gasteiger partial charge in [0.25, 0.3) is 5.91 Å². The van der Waals surface area contributed by atoms with Crippen molar-refractivity contribution in [1.29, 1.82) is 0 Å².